The highest BCUT2D eigenvalue weighted by atomic mass is 35.5. The van der Waals surface area contributed by atoms with Crippen LogP contribution in [0.25, 0.3) is 0 Å². The third-order valence-electron chi connectivity index (χ3n) is 1.25. The third-order valence-corrected chi connectivity index (χ3v) is 1.56. The van der Waals surface area contributed by atoms with Crippen LogP contribution in [0.5, 0.6) is 0 Å². The number of nitrogens with zero attached hydrogens (tertiary/aromatic N) is 2. The Balaban J connectivity index is 2.83. The molecule has 0 aliphatic carbocycles. The van der Waals surface area contributed by atoms with E-state index in [0.717, 1.165) is 5.56 Å². The van der Waals surface area contributed by atoms with Crippen molar-refractivity contribution in [2.75, 3.05) is 0 Å². The number of rotatable bonds is 2. The van der Waals surface area contributed by atoms with E-state index >= 15 is 0 Å². The van der Waals surface area contributed by atoms with E-state index in [1.54, 1.807) is 19.3 Å². The minimum Gasteiger partial charge on any atom is -0.385 e. The van der Waals surface area contributed by atoms with Gasteiger partial charge in [-0.2, -0.15) is 0 Å². The molecule has 1 aromatic heterocycles. The van der Waals surface area contributed by atoms with E-state index in [9.17, 15) is 0 Å². The molecule has 3 nitrogen and oxygen atoms in total. The number of halogens is 1. The van der Waals surface area contributed by atoms with Gasteiger partial charge in [-0.05, 0) is 6.92 Å². The van der Waals surface area contributed by atoms with Gasteiger partial charge in [-0.1, -0.05) is 0 Å². The van der Waals surface area contributed by atoms with E-state index in [1.807, 2.05) is 0 Å². The Morgan fingerprint density at radius 1 is 1.55 bits per heavy atom. The summed E-state index contributed by atoms with van der Waals surface area (Å²) >= 11 is 5.52. The topological polar surface area (TPSA) is 46.0 Å². The predicted octanol–water partition coefficient (Wildman–Crippen LogP) is 1.27. The Hall–Kier alpha value is -0.670. The van der Waals surface area contributed by atoms with Crippen LogP contribution in [-0.2, 0) is 5.88 Å². The van der Waals surface area contributed by atoms with Crippen molar-refractivity contribution in [1.29, 1.82) is 0 Å². The highest BCUT2D eigenvalue weighted by Gasteiger charge is 2.02. The molecule has 60 valence electrons. The lowest BCUT2D eigenvalue weighted by Crippen LogP contribution is -1.99. The van der Waals surface area contributed by atoms with Crippen molar-refractivity contribution in [3.05, 3.63) is 23.8 Å². The van der Waals surface area contributed by atoms with Crippen molar-refractivity contribution in [1.82, 2.24) is 9.97 Å². The van der Waals surface area contributed by atoms with E-state index in [-0.39, 0.29) is 0 Å². The summed E-state index contributed by atoms with van der Waals surface area (Å²) in [4.78, 5) is 7.81. The van der Waals surface area contributed by atoms with Crippen LogP contribution in [-0.4, -0.2) is 15.1 Å². The molecule has 0 aliphatic rings. The van der Waals surface area contributed by atoms with E-state index in [4.69, 9.17) is 16.7 Å². The number of hydrogen-bond acceptors (Lipinski definition) is 3. The fourth-order valence-corrected chi connectivity index (χ4v) is 0.788. The summed E-state index contributed by atoms with van der Waals surface area (Å²) in [6, 6.07) is 0. The Morgan fingerprint density at radius 3 is 2.45 bits per heavy atom. The van der Waals surface area contributed by atoms with Gasteiger partial charge in [-0.25, -0.2) is 9.97 Å². The number of aliphatic hydroxyl groups excluding tert-OH is 1. The maximum absolute atomic E-state index is 9.03. The highest BCUT2D eigenvalue weighted by molar-refractivity contribution is 6.17. The number of aliphatic hydroxyl groups is 1. The summed E-state index contributed by atoms with van der Waals surface area (Å²) in [5.41, 5.74) is 0.857. The first-order valence-electron chi connectivity index (χ1n) is 3.29. The molecule has 1 N–H and O–H groups in total. The minimum atomic E-state index is -0.612. The van der Waals surface area contributed by atoms with Gasteiger partial charge >= 0.3 is 0 Å². The molecule has 1 unspecified atom stereocenters. The molecular formula is C7H9ClN2O. The van der Waals surface area contributed by atoms with Gasteiger partial charge in [0.1, 0.15) is 6.10 Å². The van der Waals surface area contributed by atoms with Crippen molar-refractivity contribution >= 4 is 11.6 Å². The van der Waals surface area contributed by atoms with Crippen LogP contribution in [0, 0.1) is 0 Å². The molecule has 0 saturated carbocycles. The van der Waals surface area contributed by atoms with Gasteiger partial charge in [0, 0.05) is 18.0 Å². The lowest BCUT2D eigenvalue weighted by Gasteiger charge is -2.01. The summed E-state index contributed by atoms with van der Waals surface area (Å²) < 4.78 is 0. The molecule has 0 radical (unpaired) electrons. The minimum absolute atomic E-state index is 0.403. The van der Waals surface area contributed by atoms with Gasteiger partial charge < -0.3 is 5.11 Å². The molecule has 0 saturated heterocycles. The summed E-state index contributed by atoms with van der Waals surface area (Å²) in [6.45, 7) is 1.62. The zero-order valence-corrected chi connectivity index (χ0v) is 6.91. The van der Waals surface area contributed by atoms with Crippen molar-refractivity contribution in [2.45, 2.75) is 18.9 Å². The fourth-order valence-electron chi connectivity index (χ4n) is 0.650. The van der Waals surface area contributed by atoms with Crippen molar-refractivity contribution in [3.8, 4) is 0 Å². The van der Waals surface area contributed by atoms with Gasteiger partial charge in [-0.15, -0.1) is 11.6 Å². The van der Waals surface area contributed by atoms with Crippen LogP contribution in [0.1, 0.15) is 24.4 Å². The third kappa shape index (κ3) is 2.13. The highest BCUT2D eigenvalue weighted by Crippen LogP contribution is 2.06. The molecule has 1 rings (SSSR count). The number of hydrogen-bond donors (Lipinski definition) is 1. The summed E-state index contributed by atoms with van der Waals surface area (Å²) in [7, 11) is 0. The average molecular weight is 173 g/mol. The number of aromatic nitrogens is 2. The smallest absolute Gasteiger partial charge is 0.156 e. The quantitative estimate of drug-likeness (QED) is 0.684. The fraction of sp³-hybridized carbons (Fsp3) is 0.429. The molecule has 11 heavy (non-hydrogen) atoms. The Morgan fingerprint density at radius 2 is 2.09 bits per heavy atom. The summed E-state index contributed by atoms with van der Waals surface area (Å²) in [5, 5.41) is 9.03. The lowest BCUT2D eigenvalue weighted by molar-refractivity contribution is 0.189. The molecule has 0 aliphatic heterocycles. The standard InChI is InChI=1S/C7H9ClN2O/c1-5(11)7-9-3-6(2-8)4-10-7/h3-5,11H,2H2,1H3. The van der Waals surface area contributed by atoms with E-state index in [1.165, 1.54) is 0 Å². The van der Waals surface area contributed by atoms with E-state index in [0.29, 0.717) is 11.7 Å². The molecule has 1 heterocycles. The average Bonchev–Trinajstić information content (AvgIpc) is 2.05. The Labute approximate surface area is 70.1 Å². The molecule has 0 spiro atoms. The van der Waals surface area contributed by atoms with Gasteiger partial charge in [0.15, 0.2) is 5.82 Å². The van der Waals surface area contributed by atoms with Gasteiger partial charge in [-0.3, -0.25) is 0 Å². The molecular weight excluding hydrogens is 164 g/mol. The van der Waals surface area contributed by atoms with Crippen LogP contribution < -0.4 is 0 Å². The van der Waals surface area contributed by atoms with Gasteiger partial charge in [0.2, 0.25) is 0 Å². The summed E-state index contributed by atoms with van der Waals surface area (Å²) in [6.07, 6.45) is 2.61. The second-order valence-electron chi connectivity index (χ2n) is 2.26. The SMILES string of the molecule is CC(O)c1ncc(CCl)cn1. The van der Waals surface area contributed by atoms with E-state index < -0.39 is 6.10 Å². The molecule has 1 aromatic rings. The van der Waals surface area contributed by atoms with Crippen molar-refractivity contribution in [3.63, 3.8) is 0 Å². The van der Waals surface area contributed by atoms with Crippen molar-refractivity contribution < 1.29 is 5.11 Å². The molecule has 0 aromatic carbocycles. The Kier molecular flexibility index (Phi) is 2.79. The largest absolute Gasteiger partial charge is 0.385 e. The second kappa shape index (κ2) is 3.64. The first-order valence-corrected chi connectivity index (χ1v) is 3.82. The zero-order valence-electron chi connectivity index (χ0n) is 6.16. The first kappa shape index (κ1) is 8.43. The molecule has 1 atom stereocenters. The zero-order chi connectivity index (χ0) is 8.27. The van der Waals surface area contributed by atoms with Crippen LogP contribution in [0.2, 0.25) is 0 Å². The second-order valence-corrected chi connectivity index (χ2v) is 2.53. The maximum Gasteiger partial charge on any atom is 0.156 e. The monoisotopic (exact) mass is 172 g/mol. The molecule has 4 heteroatoms. The maximum atomic E-state index is 9.03. The molecule has 0 fully saturated rings. The van der Waals surface area contributed by atoms with Crippen LogP contribution in [0.4, 0.5) is 0 Å². The first-order chi connectivity index (χ1) is 5.24. The molecule has 0 bridgehead atoms. The van der Waals surface area contributed by atoms with Crippen LogP contribution in [0.15, 0.2) is 12.4 Å². The van der Waals surface area contributed by atoms with Crippen molar-refractivity contribution in [2.24, 2.45) is 0 Å². The van der Waals surface area contributed by atoms with Crippen LogP contribution >= 0.6 is 11.6 Å². The number of alkyl halides is 1. The predicted molar refractivity (Wildman–Crippen MR) is 42.2 cm³/mol. The normalized spacial score (nSPS) is 13.0. The van der Waals surface area contributed by atoms with E-state index in [2.05, 4.69) is 9.97 Å². The Bertz CT molecular complexity index is 222. The van der Waals surface area contributed by atoms with Crippen LogP contribution in [0.3, 0.4) is 0 Å². The van der Waals surface area contributed by atoms with Gasteiger partial charge in [0.05, 0.1) is 5.88 Å². The summed E-state index contributed by atoms with van der Waals surface area (Å²) in [5.74, 6) is 0.832. The van der Waals surface area contributed by atoms with Gasteiger partial charge in [0.25, 0.3) is 0 Å². The molecule has 0 amide bonds. The lowest BCUT2D eigenvalue weighted by atomic mass is 10.3.